The molecule has 0 aliphatic rings. The minimum atomic E-state index is -4.89. The molecule has 0 bridgehead atoms. The predicted octanol–water partition coefficient (Wildman–Crippen LogP) is 3.59. The second-order valence-corrected chi connectivity index (χ2v) is 10.1. The highest BCUT2D eigenvalue weighted by Crippen LogP contribution is 2.39. The minimum Gasteiger partial charge on any atom is -0.465 e. The fourth-order valence-corrected chi connectivity index (χ4v) is 4.86. The number of rotatable bonds is 12. The number of carboxylic acid groups (broad SMARTS) is 1. The number of amides is 1. The first-order chi connectivity index (χ1) is 15.0. The number of carbonyl (C=O) groups is 1. The molecular formula is C21H30N3O6PS. The molecule has 0 radical (unpaired) electrons. The molecule has 0 fully saturated rings. The molecule has 2 aromatic carbocycles. The van der Waals surface area contributed by atoms with Crippen LogP contribution in [0.25, 0.3) is 0 Å². The summed E-state index contributed by atoms with van der Waals surface area (Å²) in [6.45, 7) is 4.70. The molecule has 2 rings (SSSR count). The van der Waals surface area contributed by atoms with Gasteiger partial charge in [0.2, 0.25) is 0 Å². The zero-order chi connectivity index (χ0) is 23.7. The molecule has 2 atom stereocenters. The third kappa shape index (κ3) is 10.0. The van der Waals surface area contributed by atoms with Crippen LogP contribution in [0.15, 0.2) is 59.5 Å². The van der Waals surface area contributed by atoms with Gasteiger partial charge < -0.3 is 25.9 Å². The van der Waals surface area contributed by atoms with E-state index >= 15 is 0 Å². The number of nitrogens with zero attached hydrogens (tertiary/aromatic N) is 1. The Hall–Kier alpha value is -2.07. The molecule has 0 spiro atoms. The molecule has 11 heteroatoms. The van der Waals surface area contributed by atoms with E-state index in [1.54, 1.807) is 12.1 Å². The molecule has 2 unspecified atom stereocenters. The number of nitrogens with two attached hydrogens (primary N) is 1. The summed E-state index contributed by atoms with van der Waals surface area (Å²) in [7, 11) is -4.89. The summed E-state index contributed by atoms with van der Waals surface area (Å²) in [6, 6.07) is 15.5. The van der Waals surface area contributed by atoms with Crippen molar-refractivity contribution in [1.82, 2.24) is 9.62 Å². The highest BCUT2D eigenvalue weighted by atomic mass is 32.2. The molecule has 0 aromatic heterocycles. The zero-order valence-electron chi connectivity index (χ0n) is 18.0. The maximum Gasteiger partial charge on any atom is 0.469 e. The first-order valence-electron chi connectivity index (χ1n) is 10.1. The van der Waals surface area contributed by atoms with Gasteiger partial charge in [-0.1, -0.05) is 44.2 Å². The van der Waals surface area contributed by atoms with Gasteiger partial charge in [-0.25, -0.2) is 13.7 Å². The summed E-state index contributed by atoms with van der Waals surface area (Å²) in [5.41, 5.74) is 7.19. The van der Waals surface area contributed by atoms with Gasteiger partial charge in [-0.05, 0) is 54.1 Å². The Labute approximate surface area is 192 Å². The quantitative estimate of drug-likeness (QED) is 0.174. The fraction of sp³-hybridized carbons (Fsp3) is 0.381. The van der Waals surface area contributed by atoms with Crippen LogP contribution in [0.2, 0.25) is 0 Å². The topological polar surface area (TPSA) is 145 Å². The molecular weight excluding hydrogens is 453 g/mol. The average molecular weight is 484 g/mol. The monoisotopic (exact) mass is 483 g/mol. The van der Waals surface area contributed by atoms with Crippen LogP contribution in [-0.4, -0.2) is 50.5 Å². The van der Waals surface area contributed by atoms with Crippen molar-refractivity contribution in [2.45, 2.75) is 37.3 Å². The van der Waals surface area contributed by atoms with Crippen LogP contribution in [0.5, 0.6) is 0 Å². The smallest absolute Gasteiger partial charge is 0.465 e. The van der Waals surface area contributed by atoms with Gasteiger partial charge >= 0.3 is 13.9 Å². The lowest BCUT2D eigenvalue weighted by Crippen LogP contribution is -2.49. The molecule has 32 heavy (non-hydrogen) atoms. The van der Waals surface area contributed by atoms with Crippen LogP contribution in [0.1, 0.15) is 19.4 Å². The van der Waals surface area contributed by atoms with Crippen LogP contribution < -0.4 is 11.1 Å². The largest absolute Gasteiger partial charge is 0.469 e. The summed E-state index contributed by atoms with van der Waals surface area (Å²) >= 11 is 1.39. The van der Waals surface area contributed by atoms with E-state index in [0.717, 1.165) is 10.5 Å². The Bertz CT molecular complexity index is 894. The third-order valence-corrected chi connectivity index (χ3v) is 5.98. The Morgan fingerprint density at radius 1 is 1.12 bits per heavy atom. The molecule has 176 valence electrons. The van der Waals surface area contributed by atoms with E-state index in [9.17, 15) is 24.3 Å². The van der Waals surface area contributed by atoms with Crippen LogP contribution in [0.3, 0.4) is 0 Å². The fourth-order valence-electron chi connectivity index (χ4n) is 3.15. The third-order valence-electron chi connectivity index (χ3n) is 4.40. The van der Waals surface area contributed by atoms with Crippen molar-refractivity contribution in [2.75, 3.05) is 18.8 Å². The lowest BCUT2D eigenvalue weighted by Gasteiger charge is -2.32. The maximum absolute atomic E-state index is 11.7. The number of phosphoric acid groups is 1. The average Bonchev–Trinajstić information content (AvgIpc) is 2.67. The number of hydrogen-bond acceptors (Lipinski definition) is 6. The lowest BCUT2D eigenvalue weighted by molar-refractivity contribution is 0.0844. The Balaban J connectivity index is 2.30. The van der Waals surface area contributed by atoms with Crippen molar-refractivity contribution in [2.24, 2.45) is 5.92 Å². The Kier molecular flexibility index (Phi) is 10.0. The number of nitrogens with one attached hydrogen (secondary N) is 1. The highest BCUT2D eigenvalue weighted by molar-refractivity contribution is 7.97. The van der Waals surface area contributed by atoms with Gasteiger partial charge in [-0.2, -0.15) is 0 Å². The minimum absolute atomic E-state index is 0.0795. The summed E-state index contributed by atoms with van der Waals surface area (Å²) in [4.78, 5) is 31.4. The van der Waals surface area contributed by atoms with E-state index in [-0.39, 0.29) is 18.9 Å². The number of benzene rings is 2. The SMILES string of the molecule is CC(C)CN(CC(OP(=O)(O)O)C(Cc1ccccc1)NC(=O)O)Sc1ccc(N)cc1. The van der Waals surface area contributed by atoms with Crippen LogP contribution >= 0.6 is 19.8 Å². The van der Waals surface area contributed by atoms with Crippen LogP contribution in [0.4, 0.5) is 10.5 Å². The number of hydrogen-bond donors (Lipinski definition) is 5. The maximum atomic E-state index is 11.7. The Morgan fingerprint density at radius 3 is 2.28 bits per heavy atom. The van der Waals surface area contributed by atoms with E-state index in [1.165, 1.54) is 11.9 Å². The first kappa shape index (κ1) is 26.2. The molecule has 0 saturated heterocycles. The van der Waals surface area contributed by atoms with E-state index in [2.05, 4.69) is 5.32 Å². The van der Waals surface area contributed by atoms with E-state index in [4.69, 9.17) is 10.3 Å². The van der Waals surface area contributed by atoms with Crippen molar-refractivity contribution in [3.05, 3.63) is 60.2 Å². The van der Waals surface area contributed by atoms with Crippen molar-refractivity contribution >= 4 is 31.6 Å². The van der Waals surface area contributed by atoms with Gasteiger partial charge in [0.1, 0.15) is 6.10 Å². The van der Waals surface area contributed by atoms with Crippen molar-refractivity contribution < 1.29 is 28.8 Å². The zero-order valence-corrected chi connectivity index (χ0v) is 19.7. The van der Waals surface area contributed by atoms with Crippen LogP contribution in [0, 0.1) is 5.92 Å². The number of anilines is 1. The van der Waals surface area contributed by atoms with E-state index in [1.807, 2.05) is 60.6 Å². The Morgan fingerprint density at radius 2 is 1.75 bits per heavy atom. The number of nitrogen functional groups attached to an aromatic ring is 1. The van der Waals surface area contributed by atoms with E-state index in [0.29, 0.717) is 12.2 Å². The standard InChI is InChI=1S/C21H30N3O6PS/c1-15(2)13-24(32-18-10-8-17(22)9-11-18)14-20(30-31(27,28)29)19(23-21(25)26)12-16-6-4-3-5-7-16/h3-11,15,19-20,23H,12-14,22H2,1-2H3,(H,25,26)(H2,27,28,29). The summed E-state index contributed by atoms with van der Waals surface area (Å²) in [5, 5.41) is 11.7. The molecule has 0 aliphatic heterocycles. The molecule has 0 saturated carbocycles. The molecule has 0 heterocycles. The first-order valence-corrected chi connectivity index (χ1v) is 12.4. The number of phosphoric ester groups is 1. The van der Waals surface area contributed by atoms with Gasteiger partial charge in [0.05, 0.1) is 6.04 Å². The van der Waals surface area contributed by atoms with Gasteiger partial charge in [-0.15, -0.1) is 0 Å². The van der Waals surface area contributed by atoms with Gasteiger partial charge in [-0.3, -0.25) is 4.52 Å². The van der Waals surface area contributed by atoms with E-state index < -0.39 is 26.1 Å². The van der Waals surface area contributed by atoms with Gasteiger partial charge in [0.15, 0.2) is 0 Å². The molecule has 9 nitrogen and oxygen atoms in total. The van der Waals surface area contributed by atoms with Crippen LogP contribution in [-0.2, 0) is 15.5 Å². The second-order valence-electron chi connectivity index (χ2n) is 7.78. The normalized spacial score (nSPS) is 13.8. The highest BCUT2D eigenvalue weighted by Gasteiger charge is 2.33. The van der Waals surface area contributed by atoms with Crippen molar-refractivity contribution in [3.8, 4) is 0 Å². The summed E-state index contributed by atoms with van der Waals surface area (Å²) in [6.07, 6.45) is -2.20. The molecule has 6 N–H and O–H groups in total. The van der Waals surface area contributed by atoms with Gasteiger partial charge in [0.25, 0.3) is 0 Å². The van der Waals surface area contributed by atoms with Gasteiger partial charge in [0, 0.05) is 23.7 Å². The second kappa shape index (κ2) is 12.2. The predicted molar refractivity (Wildman–Crippen MR) is 125 cm³/mol. The summed E-state index contributed by atoms with van der Waals surface area (Å²) < 4.78 is 18.8. The lowest BCUT2D eigenvalue weighted by atomic mass is 10.0. The van der Waals surface area contributed by atoms with Crippen molar-refractivity contribution in [1.29, 1.82) is 0 Å². The van der Waals surface area contributed by atoms with Crippen molar-refractivity contribution in [3.63, 3.8) is 0 Å². The molecule has 2 aromatic rings. The summed E-state index contributed by atoms with van der Waals surface area (Å²) in [5.74, 6) is 0.243. The molecule has 1 amide bonds. The molecule has 0 aliphatic carbocycles.